The molecule has 0 spiro atoms. The third-order valence-electron chi connectivity index (χ3n) is 0.901. The SMILES string of the molecule is C=CCNCCN(C)S. The van der Waals surface area contributed by atoms with Crippen LogP contribution in [-0.4, -0.2) is 31.0 Å². The van der Waals surface area contributed by atoms with Crippen molar-refractivity contribution in [3.05, 3.63) is 12.7 Å². The van der Waals surface area contributed by atoms with Gasteiger partial charge in [-0.05, 0) is 7.05 Å². The van der Waals surface area contributed by atoms with Crippen LogP contribution >= 0.6 is 12.8 Å². The third kappa shape index (κ3) is 8.01. The first-order chi connectivity index (χ1) is 4.27. The van der Waals surface area contributed by atoms with Crippen molar-refractivity contribution in [1.29, 1.82) is 0 Å². The molecule has 0 amide bonds. The first kappa shape index (κ1) is 9.01. The normalized spacial score (nSPS) is 10.1. The second-order valence-electron chi connectivity index (χ2n) is 1.87. The molecule has 0 rings (SSSR count). The summed E-state index contributed by atoms with van der Waals surface area (Å²) in [5.74, 6) is 0. The predicted molar refractivity (Wildman–Crippen MR) is 44.7 cm³/mol. The Morgan fingerprint density at radius 1 is 1.78 bits per heavy atom. The van der Waals surface area contributed by atoms with Gasteiger partial charge in [0.1, 0.15) is 0 Å². The molecule has 0 heterocycles. The van der Waals surface area contributed by atoms with Gasteiger partial charge in [-0.3, -0.25) is 4.31 Å². The lowest BCUT2D eigenvalue weighted by atomic mass is 10.5. The van der Waals surface area contributed by atoms with Crippen LogP contribution in [0.1, 0.15) is 0 Å². The van der Waals surface area contributed by atoms with Gasteiger partial charge in [-0.2, -0.15) is 0 Å². The van der Waals surface area contributed by atoms with Crippen molar-refractivity contribution in [2.24, 2.45) is 0 Å². The molecule has 0 bridgehead atoms. The van der Waals surface area contributed by atoms with E-state index in [-0.39, 0.29) is 0 Å². The highest BCUT2D eigenvalue weighted by molar-refractivity contribution is 7.77. The van der Waals surface area contributed by atoms with Crippen LogP contribution in [-0.2, 0) is 0 Å². The third-order valence-corrected chi connectivity index (χ3v) is 1.10. The van der Waals surface area contributed by atoms with Crippen LogP contribution in [0.3, 0.4) is 0 Å². The van der Waals surface area contributed by atoms with Gasteiger partial charge in [0.15, 0.2) is 0 Å². The minimum atomic E-state index is 0.877. The molecule has 0 aromatic carbocycles. The number of hydrogen-bond acceptors (Lipinski definition) is 3. The molecule has 9 heavy (non-hydrogen) atoms. The number of likely N-dealkylation sites (N-methyl/N-ethyl adjacent to an activating group) is 1. The maximum absolute atomic E-state index is 4.07. The van der Waals surface area contributed by atoms with Crippen LogP contribution in [0.15, 0.2) is 12.7 Å². The smallest absolute Gasteiger partial charge is 0.0209 e. The molecular formula is C6H14N2S. The van der Waals surface area contributed by atoms with Crippen LogP contribution < -0.4 is 5.32 Å². The zero-order chi connectivity index (χ0) is 7.11. The van der Waals surface area contributed by atoms with Gasteiger partial charge in [0.05, 0.1) is 0 Å². The molecule has 0 atom stereocenters. The second kappa shape index (κ2) is 6.13. The Bertz CT molecular complexity index is 73.5. The van der Waals surface area contributed by atoms with Crippen LogP contribution in [0.2, 0.25) is 0 Å². The molecule has 0 aliphatic heterocycles. The van der Waals surface area contributed by atoms with E-state index in [9.17, 15) is 0 Å². The predicted octanol–water partition coefficient (Wildman–Crippen LogP) is 0.539. The van der Waals surface area contributed by atoms with E-state index < -0.39 is 0 Å². The molecule has 0 aromatic rings. The van der Waals surface area contributed by atoms with E-state index in [1.54, 1.807) is 0 Å². The summed E-state index contributed by atoms with van der Waals surface area (Å²) in [6.45, 7) is 6.38. The van der Waals surface area contributed by atoms with Crippen molar-refractivity contribution in [3.8, 4) is 0 Å². The quantitative estimate of drug-likeness (QED) is 0.334. The molecule has 0 aliphatic carbocycles. The number of nitrogens with zero attached hydrogens (tertiary/aromatic N) is 1. The molecule has 0 unspecified atom stereocenters. The molecule has 0 aromatic heterocycles. The largest absolute Gasteiger partial charge is 0.312 e. The summed E-state index contributed by atoms with van der Waals surface area (Å²) >= 11 is 4.07. The summed E-state index contributed by atoms with van der Waals surface area (Å²) in [5, 5.41) is 3.16. The van der Waals surface area contributed by atoms with Gasteiger partial charge < -0.3 is 5.32 Å². The van der Waals surface area contributed by atoms with E-state index in [1.807, 2.05) is 17.4 Å². The van der Waals surface area contributed by atoms with E-state index in [0.29, 0.717) is 0 Å². The minimum absolute atomic E-state index is 0.877. The monoisotopic (exact) mass is 146 g/mol. The van der Waals surface area contributed by atoms with E-state index >= 15 is 0 Å². The molecule has 1 N–H and O–H groups in total. The van der Waals surface area contributed by atoms with Crippen molar-refractivity contribution >= 4 is 12.8 Å². The molecule has 0 fully saturated rings. The van der Waals surface area contributed by atoms with Crippen LogP contribution in [0.5, 0.6) is 0 Å². The Balaban J connectivity index is 2.82. The van der Waals surface area contributed by atoms with Crippen molar-refractivity contribution in [3.63, 3.8) is 0 Å². The zero-order valence-electron chi connectivity index (χ0n) is 5.80. The Hall–Kier alpha value is 0.0100. The molecule has 54 valence electrons. The molecule has 0 radical (unpaired) electrons. The summed E-state index contributed by atoms with van der Waals surface area (Å²) in [5.41, 5.74) is 0. The zero-order valence-corrected chi connectivity index (χ0v) is 6.69. The molecule has 0 saturated heterocycles. The lowest BCUT2D eigenvalue weighted by molar-refractivity contribution is 0.546. The fourth-order valence-corrected chi connectivity index (χ4v) is 0.545. The number of nitrogens with one attached hydrogen (secondary N) is 1. The van der Waals surface area contributed by atoms with E-state index in [0.717, 1.165) is 19.6 Å². The summed E-state index contributed by atoms with van der Waals surface area (Å²) in [7, 11) is 1.93. The van der Waals surface area contributed by atoms with Gasteiger partial charge in [0.2, 0.25) is 0 Å². The van der Waals surface area contributed by atoms with Crippen LogP contribution in [0.4, 0.5) is 0 Å². The number of hydrogen-bond donors (Lipinski definition) is 2. The maximum atomic E-state index is 4.07. The minimum Gasteiger partial charge on any atom is -0.312 e. The fraction of sp³-hybridized carbons (Fsp3) is 0.667. The lowest BCUT2D eigenvalue weighted by Crippen LogP contribution is -2.23. The highest BCUT2D eigenvalue weighted by atomic mass is 32.1. The van der Waals surface area contributed by atoms with Crippen LogP contribution in [0, 0.1) is 0 Å². The summed E-state index contributed by atoms with van der Waals surface area (Å²) in [6, 6.07) is 0. The standard InChI is InChI=1S/C6H14N2S/c1-3-4-7-5-6-8(2)9/h3,7,9H,1,4-6H2,2H3. The van der Waals surface area contributed by atoms with Gasteiger partial charge in [-0.1, -0.05) is 18.9 Å². The first-order valence-electron chi connectivity index (χ1n) is 2.99. The second-order valence-corrected chi connectivity index (χ2v) is 2.56. The van der Waals surface area contributed by atoms with Gasteiger partial charge in [-0.25, -0.2) is 0 Å². The van der Waals surface area contributed by atoms with Crippen molar-refractivity contribution < 1.29 is 0 Å². The molecule has 0 aliphatic rings. The fourth-order valence-electron chi connectivity index (χ4n) is 0.445. The average molecular weight is 146 g/mol. The Kier molecular flexibility index (Phi) is 6.14. The summed E-state index contributed by atoms with van der Waals surface area (Å²) in [4.78, 5) is 0. The Morgan fingerprint density at radius 2 is 2.44 bits per heavy atom. The first-order valence-corrected chi connectivity index (χ1v) is 3.39. The number of rotatable bonds is 5. The van der Waals surface area contributed by atoms with Gasteiger partial charge in [0.25, 0.3) is 0 Å². The number of thiol groups is 1. The van der Waals surface area contributed by atoms with Crippen molar-refractivity contribution in [1.82, 2.24) is 9.62 Å². The molecule has 2 nitrogen and oxygen atoms in total. The van der Waals surface area contributed by atoms with Crippen molar-refractivity contribution in [2.45, 2.75) is 0 Å². The van der Waals surface area contributed by atoms with E-state index in [1.165, 1.54) is 0 Å². The maximum Gasteiger partial charge on any atom is 0.0209 e. The topological polar surface area (TPSA) is 15.3 Å². The molecule has 0 saturated carbocycles. The average Bonchev–Trinajstić information content (AvgIpc) is 1.80. The lowest BCUT2D eigenvalue weighted by Gasteiger charge is -2.06. The van der Waals surface area contributed by atoms with Gasteiger partial charge in [-0.15, -0.1) is 6.58 Å². The molecule has 3 heteroatoms. The van der Waals surface area contributed by atoms with Crippen molar-refractivity contribution in [2.75, 3.05) is 26.7 Å². The van der Waals surface area contributed by atoms with Gasteiger partial charge in [0, 0.05) is 19.6 Å². The summed E-state index contributed by atoms with van der Waals surface area (Å²) in [6.07, 6.45) is 1.85. The van der Waals surface area contributed by atoms with E-state index in [2.05, 4.69) is 24.7 Å². The summed E-state index contributed by atoms with van der Waals surface area (Å²) < 4.78 is 1.84. The Morgan fingerprint density at radius 3 is 2.89 bits per heavy atom. The van der Waals surface area contributed by atoms with Crippen LogP contribution in [0.25, 0.3) is 0 Å². The van der Waals surface area contributed by atoms with E-state index in [4.69, 9.17) is 0 Å². The van der Waals surface area contributed by atoms with Gasteiger partial charge >= 0.3 is 0 Å². The highest BCUT2D eigenvalue weighted by Crippen LogP contribution is 1.81. The Labute approximate surface area is 62.5 Å². The molecular weight excluding hydrogens is 132 g/mol. The highest BCUT2D eigenvalue weighted by Gasteiger charge is 1.86.